The van der Waals surface area contributed by atoms with E-state index in [2.05, 4.69) is 0 Å². The molecule has 1 heterocycles. The van der Waals surface area contributed by atoms with E-state index in [0.29, 0.717) is 5.56 Å². The van der Waals surface area contributed by atoms with Gasteiger partial charge in [0.25, 0.3) is 0 Å². The van der Waals surface area contributed by atoms with Gasteiger partial charge in [-0.25, -0.2) is 13.6 Å². The third-order valence-electron chi connectivity index (χ3n) is 4.84. The van der Waals surface area contributed by atoms with Gasteiger partial charge in [-0.1, -0.05) is 24.3 Å². The number of nitrogens with two attached hydrogens (primary N) is 1. The minimum atomic E-state index is -3.69. The highest BCUT2D eigenvalue weighted by molar-refractivity contribution is 7.90. The standard InChI is InChI=1S/C15H24BNO4S/c1-13(2,22(17,18)19)11-7-9-12(10-8-11)16-20-14(3,4)15(5,6)21-16/h7-10H,1-6H3,(H2,17,18,19). The summed E-state index contributed by atoms with van der Waals surface area (Å²) in [5, 5.41) is 5.30. The zero-order valence-electron chi connectivity index (χ0n) is 14.0. The molecule has 1 aliphatic rings. The van der Waals surface area contributed by atoms with Crippen LogP contribution in [0.3, 0.4) is 0 Å². The molecule has 0 aromatic heterocycles. The zero-order valence-corrected chi connectivity index (χ0v) is 14.8. The van der Waals surface area contributed by atoms with E-state index in [0.717, 1.165) is 5.46 Å². The van der Waals surface area contributed by atoms with E-state index >= 15 is 0 Å². The minimum Gasteiger partial charge on any atom is -0.399 e. The number of hydrogen-bond donors (Lipinski definition) is 1. The van der Waals surface area contributed by atoms with Gasteiger partial charge in [0.05, 0.1) is 11.2 Å². The van der Waals surface area contributed by atoms with Crippen molar-refractivity contribution >= 4 is 22.6 Å². The molecule has 0 amide bonds. The maximum Gasteiger partial charge on any atom is 0.494 e. The number of sulfonamides is 1. The Hall–Kier alpha value is -0.885. The number of primary sulfonamides is 1. The lowest BCUT2D eigenvalue weighted by atomic mass is 9.78. The summed E-state index contributed by atoms with van der Waals surface area (Å²) in [7, 11) is -4.15. The van der Waals surface area contributed by atoms with Gasteiger partial charge >= 0.3 is 7.12 Å². The average Bonchev–Trinajstić information content (AvgIpc) is 2.57. The van der Waals surface area contributed by atoms with Gasteiger partial charge in [-0.2, -0.15) is 0 Å². The van der Waals surface area contributed by atoms with Crippen LogP contribution in [-0.4, -0.2) is 26.7 Å². The molecule has 122 valence electrons. The molecule has 1 aliphatic heterocycles. The average molecular weight is 325 g/mol. The molecule has 0 spiro atoms. The van der Waals surface area contributed by atoms with Crippen molar-refractivity contribution in [2.24, 2.45) is 5.14 Å². The Labute approximate surface area is 133 Å². The molecule has 1 saturated heterocycles. The summed E-state index contributed by atoms with van der Waals surface area (Å²) in [6.45, 7) is 11.1. The van der Waals surface area contributed by atoms with Gasteiger partial charge in [0.2, 0.25) is 10.0 Å². The fourth-order valence-corrected chi connectivity index (χ4v) is 2.65. The first kappa shape index (κ1) is 17.5. The van der Waals surface area contributed by atoms with Crippen LogP contribution in [0, 0.1) is 0 Å². The summed E-state index contributed by atoms with van der Waals surface area (Å²) in [6.07, 6.45) is 0. The van der Waals surface area contributed by atoms with Crippen molar-refractivity contribution in [3.05, 3.63) is 29.8 Å². The quantitative estimate of drug-likeness (QED) is 0.855. The Bertz CT molecular complexity index is 649. The molecule has 7 heteroatoms. The zero-order chi connectivity index (χ0) is 17.0. The third-order valence-corrected chi connectivity index (χ3v) is 6.50. The SMILES string of the molecule is CC1(C)OB(c2ccc(C(C)(C)S(N)(=O)=O)cc2)OC1(C)C. The fraction of sp³-hybridized carbons (Fsp3) is 0.600. The molecule has 0 atom stereocenters. The maximum atomic E-state index is 11.7. The first-order chi connectivity index (χ1) is 9.78. The highest BCUT2D eigenvalue weighted by Crippen LogP contribution is 2.36. The molecule has 0 radical (unpaired) electrons. The lowest BCUT2D eigenvalue weighted by molar-refractivity contribution is 0.00578. The van der Waals surface area contributed by atoms with Gasteiger partial charge < -0.3 is 9.31 Å². The van der Waals surface area contributed by atoms with Crippen LogP contribution < -0.4 is 10.6 Å². The fourth-order valence-electron chi connectivity index (χ4n) is 2.19. The van der Waals surface area contributed by atoms with E-state index in [1.165, 1.54) is 0 Å². The summed E-state index contributed by atoms with van der Waals surface area (Å²) in [6, 6.07) is 7.16. The van der Waals surface area contributed by atoms with E-state index in [9.17, 15) is 8.42 Å². The van der Waals surface area contributed by atoms with Crippen molar-refractivity contribution in [3.63, 3.8) is 0 Å². The van der Waals surface area contributed by atoms with Gasteiger partial charge in [0.15, 0.2) is 0 Å². The van der Waals surface area contributed by atoms with E-state index in [1.54, 1.807) is 26.0 Å². The monoisotopic (exact) mass is 325 g/mol. The predicted molar refractivity (Wildman–Crippen MR) is 88.3 cm³/mol. The van der Waals surface area contributed by atoms with Crippen molar-refractivity contribution < 1.29 is 17.7 Å². The number of rotatable bonds is 3. The van der Waals surface area contributed by atoms with Crippen LogP contribution in [-0.2, 0) is 24.1 Å². The molecule has 22 heavy (non-hydrogen) atoms. The molecule has 0 aliphatic carbocycles. The van der Waals surface area contributed by atoms with Crippen LogP contribution in [0.25, 0.3) is 0 Å². The highest BCUT2D eigenvalue weighted by Gasteiger charge is 2.51. The largest absolute Gasteiger partial charge is 0.494 e. The van der Waals surface area contributed by atoms with Crippen molar-refractivity contribution in [3.8, 4) is 0 Å². The number of benzene rings is 1. The van der Waals surface area contributed by atoms with Crippen LogP contribution in [0.15, 0.2) is 24.3 Å². The Balaban J connectivity index is 2.29. The molecular weight excluding hydrogens is 301 g/mol. The molecule has 2 N–H and O–H groups in total. The number of hydrogen-bond acceptors (Lipinski definition) is 4. The van der Waals surface area contributed by atoms with E-state index < -0.39 is 33.1 Å². The van der Waals surface area contributed by atoms with Crippen LogP contribution in [0.1, 0.15) is 47.1 Å². The Morgan fingerprint density at radius 2 is 1.41 bits per heavy atom. The molecule has 1 aromatic carbocycles. The molecule has 0 saturated carbocycles. The van der Waals surface area contributed by atoms with Gasteiger partial charge in [0, 0.05) is 0 Å². The van der Waals surface area contributed by atoms with Crippen molar-refractivity contribution in [1.82, 2.24) is 0 Å². The van der Waals surface area contributed by atoms with Crippen LogP contribution in [0.5, 0.6) is 0 Å². The second kappa shape index (κ2) is 5.06. The summed E-state index contributed by atoms with van der Waals surface area (Å²) < 4.78 is 34.2. The van der Waals surface area contributed by atoms with Gasteiger partial charge in [-0.15, -0.1) is 0 Å². The Kier molecular flexibility index (Phi) is 4.02. The predicted octanol–water partition coefficient (Wildman–Crippen LogP) is 1.51. The molecule has 1 fully saturated rings. The van der Waals surface area contributed by atoms with E-state index in [-0.39, 0.29) is 0 Å². The van der Waals surface area contributed by atoms with Crippen molar-refractivity contribution in [2.75, 3.05) is 0 Å². The van der Waals surface area contributed by atoms with E-state index in [4.69, 9.17) is 14.4 Å². The first-order valence-electron chi connectivity index (χ1n) is 7.26. The second-order valence-corrected chi connectivity index (χ2v) is 9.38. The van der Waals surface area contributed by atoms with Crippen molar-refractivity contribution in [1.29, 1.82) is 0 Å². The summed E-state index contributed by atoms with van der Waals surface area (Å²) in [4.78, 5) is 0. The lowest BCUT2D eigenvalue weighted by Crippen LogP contribution is -2.41. The minimum absolute atomic E-state index is 0.407. The first-order valence-corrected chi connectivity index (χ1v) is 8.81. The smallest absolute Gasteiger partial charge is 0.399 e. The Morgan fingerprint density at radius 1 is 1.00 bits per heavy atom. The van der Waals surface area contributed by atoms with E-state index in [1.807, 2.05) is 39.8 Å². The normalized spacial score (nSPS) is 21.1. The van der Waals surface area contributed by atoms with Gasteiger partial charge in [0.1, 0.15) is 4.75 Å². The van der Waals surface area contributed by atoms with Crippen LogP contribution in [0.4, 0.5) is 0 Å². The van der Waals surface area contributed by atoms with Gasteiger partial charge in [-0.3, -0.25) is 0 Å². The van der Waals surface area contributed by atoms with Gasteiger partial charge in [-0.05, 0) is 52.6 Å². The van der Waals surface area contributed by atoms with Crippen LogP contribution in [0.2, 0.25) is 0 Å². The lowest BCUT2D eigenvalue weighted by Gasteiger charge is -2.32. The topological polar surface area (TPSA) is 78.6 Å². The van der Waals surface area contributed by atoms with Crippen molar-refractivity contribution in [2.45, 2.75) is 57.5 Å². The maximum absolute atomic E-state index is 11.7. The highest BCUT2D eigenvalue weighted by atomic mass is 32.2. The molecular formula is C15H24BNO4S. The van der Waals surface area contributed by atoms with Crippen LogP contribution >= 0.6 is 0 Å². The summed E-state index contributed by atoms with van der Waals surface area (Å²) in [5.41, 5.74) is 0.676. The summed E-state index contributed by atoms with van der Waals surface area (Å²) in [5.74, 6) is 0. The molecule has 2 rings (SSSR count). The molecule has 1 aromatic rings. The Morgan fingerprint density at radius 3 is 1.77 bits per heavy atom. The third kappa shape index (κ3) is 2.83. The molecule has 0 unspecified atom stereocenters. The summed E-state index contributed by atoms with van der Waals surface area (Å²) >= 11 is 0. The molecule has 0 bridgehead atoms. The second-order valence-electron chi connectivity index (χ2n) is 7.27. The molecule has 5 nitrogen and oxygen atoms in total.